The minimum absolute atomic E-state index is 0.0789. The summed E-state index contributed by atoms with van der Waals surface area (Å²) in [6, 6.07) is 14.7. The third-order valence-electron chi connectivity index (χ3n) is 6.84. The lowest BCUT2D eigenvalue weighted by atomic mass is 9.94. The molecule has 0 unspecified atom stereocenters. The van der Waals surface area contributed by atoms with E-state index in [0.717, 1.165) is 29.7 Å². The van der Waals surface area contributed by atoms with Crippen molar-refractivity contribution in [3.05, 3.63) is 71.3 Å². The second-order valence-electron chi connectivity index (χ2n) is 9.66. The molecule has 2 saturated heterocycles. The molecule has 2 aliphatic rings. The molecule has 2 fully saturated rings. The molecular weight excluding hydrogens is 473 g/mol. The van der Waals surface area contributed by atoms with Gasteiger partial charge in [0.1, 0.15) is 0 Å². The van der Waals surface area contributed by atoms with Crippen molar-refractivity contribution in [2.24, 2.45) is 0 Å². The maximum atomic E-state index is 12.9. The van der Waals surface area contributed by atoms with E-state index < -0.39 is 17.8 Å². The number of nitrogens with one attached hydrogen (secondary N) is 1. The molecule has 4 rings (SSSR count). The second kappa shape index (κ2) is 11.7. The van der Waals surface area contributed by atoms with E-state index in [2.05, 4.69) is 10.2 Å². The Morgan fingerprint density at radius 1 is 1.11 bits per heavy atom. The summed E-state index contributed by atoms with van der Waals surface area (Å²) in [5.41, 5.74) is 1.07. The first-order chi connectivity index (χ1) is 17.2. The van der Waals surface area contributed by atoms with E-state index in [0.29, 0.717) is 19.5 Å². The summed E-state index contributed by atoms with van der Waals surface area (Å²) in [6.07, 6.45) is -4.01. The zero-order chi connectivity index (χ0) is 25.7. The molecule has 2 heterocycles. The zero-order valence-corrected chi connectivity index (χ0v) is 20.3. The monoisotopic (exact) mass is 506 g/mol. The quantitative estimate of drug-likeness (QED) is 0.618. The van der Waals surface area contributed by atoms with Crippen molar-refractivity contribution in [1.29, 1.82) is 0 Å². The van der Waals surface area contributed by atoms with E-state index in [1.54, 1.807) is 0 Å². The van der Waals surface area contributed by atoms with Crippen molar-refractivity contribution in [3.8, 4) is 0 Å². The number of aliphatic hydroxyl groups excluding tert-OH is 1. The normalized spacial score (nSPS) is 26.4. The van der Waals surface area contributed by atoms with Crippen LogP contribution in [0.5, 0.6) is 0 Å². The Labute approximate surface area is 209 Å². The molecule has 0 bridgehead atoms. The Hall–Kier alpha value is -2.46. The number of carbonyl (C=O) groups excluding carboxylic acids is 1. The molecule has 5 atom stereocenters. The predicted octanol–water partition coefficient (Wildman–Crippen LogP) is 4.08. The van der Waals surface area contributed by atoms with Gasteiger partial charge in [-0.1, -0.05) is 42.5 Å². The lowest BCUT2D eigenvalue weighted by Gasteiger charge is -2.44. The predicted molar refractivity (Wildman–Crippen MR) is 128 cm³/mol. The van der Waals surface area contributed by atoms with Gasteiger partial charge >= 0.3 is 6.18 Å². The van der Waals surface area contributed by atoms with Gasteiger partial charge in [-0.15, -0.1) is 0 Å². The van der Waals surface area contributed by atoms with Crippen LogP contribution in [-0.2, 0) is 27.0 Å². The summed E-state index contributed by atoms with van der Waals surface area (Å²) in [7, 11) is 0. The Morgan fingerprint density at radius 2 is 1.83 bits per heavy atom. The summed E-state index contributed by atoms with van der Waals surface area (Å²) < 4.78 is 50.7. The molecule has 36 heavy (non-hydrogen) atoms. The molecule has 0 radical (unpaired) electrons. The van der Waals surface area contributed by atoms with Gasteiger partial charge in [0.2, 0.25) is 5.91 Å². The number of fused-ring (bicyclic) bond motifs is 1. The van der Waals surface area contributed by atoms with E-state index in [-0.39, 0.29) is 49.8 Å². The van der Waals surface area contributed by atoms with Crippen LogP contribution >= 0.6 is 0 Å². The highest BCUT2D eigenvalue weighted by Gasteiger charge is 2.38. The number of alkyl halides is 3. The van der Waals surface area contributed by atoms with Crippen LogP contribution in [0.3, 0.4) is 0 Å². The molecule has 2 aliphatic heterocycles. The summed E-state index contributed by atoms with van der Waals surface area (Å²) in [5, 5.41) is 13.4. The van der Waals surface area contributed by atoms with Crippen LogP contribution in [0.4, 0.5) is 13.2 Å². The molecule has 1 amide bonds. The van der Waals surface area contributed by atoms with Crippen molar-refractivity contribution < 1.29 is 32.5 Å². The molecule has 6 nitrogen and oxygen atoms in total. The highest BCUT2D eigenvalue weighted by molar-refractivity contribution is 5.77. The molecule has 2 N–H and O–H groups in total. The SMILES string of the molecule is C[C@@H](NC(=O)C[C@H]1CC[C@H]2[C@@H](COC[C@@H](O)CN2Cc2ccc(C(F)(F)F)cc2)O1)c1ccccc1. The number of carbonyl (C=O) groups is 1. The van der Waals surface area contributed by atoms with Gasteiger partial charge in [0, 0.05) is 19.1 Å². The maximum absolute atomic E-state index is 12.9. The lowest BCUT2D eigenvalue weighted by Crippen LogP contribution is -2.55. The Kier molecular flexibility index (Phi) is 8.66. The molecule has 196 valence electrons. The molecule has 0 saturated carbocycles. The first-order valence-electron chi connectivity index (χ1n) is 12.3. The smallest absolute Gasteiger partial charge is 0.389 e. The topological polar surface area (TPSA) is 71.0 Å². The van der Waals surface area contributed by atoms with Gasteiger partial charge in [0.15, 0.2) is 0 Å². The average Bonchev–Trinajstić information content (AvgIpc) is 2.83. The number of nitrogens with zero attached hydrogens (tertiary/aromatic N) is 1. The molecule has 2 aromatic rings. The highest BCUT2D eigenvalue weighted by atomic mass is 19.4. The van der Waals surface area contributed by atoms with Crippen LogP contribution in [0.1, 0.15) is 48.9 Å². The summed E-state index contributed by atoms with van der Waals surface area (Å²) in [4.78, 5) is 14.7. The van der Waals surface area contributed by atoms with Crippen LogP contribution in [-0.4, -0.2) is 60.0 Å². The van der Waals surface area contributed by atoms with E-state index in [9.17, 15) is 23.1 Å². The van der Waals surface area contributed by atoms with Gasteiger partial charge in [-0.3, -0.25) is 9.69 Å². The molecule has 0 spiro atoms. The van der Waals surface area contributed by atoms with Crippen LogP contribution in [0, 0.1) is 0 Å². The first-order valence-corrected chi connectivity index (χ1v) is 12.3. The summed E-state index contributed by atoms with van der Waals surface area (Å²) >= 11 is 0. The lowest BCUT2D eigenvalue weighted by molar-refractivity contribution is -0.158. The average molecular weight is 507 g/mol. The van der Waals surface area contributed by atoms with Crippen molar-refractivity contribution in [2.75, 3.05) is 19.8 Å². The first kappa shape index (κ1) is 26.6. The highest BCUT2D eigenvalue weighted by Crippen LogP contribution is 2.31. The molecule has 0 aliphatic carbocycles. The van der Waals surface area contributed by atoms with E-state index >= 15 is 0 Å². The fraction of sp³-hybridized carbons (Fsp3) is 0.519. The van der Waals surface area contributed by atoms with Crippen LogP contribution in [0.15, 0.2) is 54.6 Å². The number of halogens is 3. The number of hydrogen-bond acceptors (Lipinski definition) is 5. The molecule has 9 heteroatoms. The Balaban J connectivity index is 1.37. The van der Waals surface area contributed by atoms with E-state index in [4.69, 9.17) is 9.47 Å². The van der Waals surface area contributed by atoms with Gasteiger partial charge in [0.25, 0.3) is 0 Å². The number of benzene rings is 2. The summed E-state index contributed by atoms with van der Waals surface area (Å²) in [6.45, 7) is 3.09. The van der Waals surface area contributed by atoms with Crippen molar-refractivity contribution in [3.63, 3.8) is 0 Å². The number of rotatable bonds is 6. The minimum Gasteiger partial charge on any atom is -0.389 e. The van der Waals surface area contributed by atoms with Crippen molar-refractivity contribution in [2.45, 2.75) is 69.3 Å². The summed E-state index contributed by atoms with van der Waals surface area (Å²) in [5.74, 6) is -0.0846. The number of aliphatic hydroxyl groups is 1. The Morgan fingerprint density at radius 3 is 2.53 bits per heavy atom. The Bertz CT molecular complexity index is 987. The van der Waals surface area contributed by atoms with E-state index in [1.165, 1.54) is 12.1 Å². The van der Waals surface area contributed by atoms with Gasteiger partial charge in [0.05, 0.1) is 49.6 Å². The number of β-amino-alcohol motifs (C(OH)–C–C–N with tert-alkyl or cyclic N) is 1. The third kappa shape index (κ3) is 7.06. The maximum Gasteiger partial charge on any atom is 0.416 e. The largest absolute Gasteiger partial charge is 0.416 e. The van der Waals surface area contributed by atoms with Gasteiger partial charge in [-0.2, -0.15) is 13.2 Å². The van der Waals surface area contributed by atoms with Crippen LogP contribution in [0.25, 0.3) is 0 Å². The van der Waals surface area contributed by atoms with Crippen molar-refractivity contribution >= 4 is 5.91 Å². The van der Waals surface area contributed by atoms with Crippen molar-refractivity contribution in [1.82, 2.24) is 10.2 Å². The van der Waals surface area contributed by atoms with E-state index in [1.807, 2.05) is 37.3 Å². The number of hydrogen-bond donors (Lipinski definition) is 2. The fourth-order valence-electron chi connectivity index (χ4n) is 4.99. The molecule has 2 aromatic carbocycles. The standard InChI is InChI=1S/C27H33F3N2O4/c1-18(20-5-3-2-4-6-20)31-26(34)13-23-11-12-24-25(36-23)17-35-16-22(33)15-32(24)14-19-7-9-21(10-8-19)27(28,29)30/h2-10,18,22-25,33H,11-17H2,1H3,(H,31,34)/t18-,22+,23-,24+,25-/m1/s1. The second-order valence-corrected chi connectivity index (χ2v) is 9.66. The third-order valence-corrected chi connectivity index (χ3v) is 6.84. The molecular formula is C27H33F3N2O4. The fourth-order valence-corrected chi connectivity index (χ4v) is 4.99. The minimum atomic E-state index is -4.38. The van der Waals surface area contributed by atoms with Gasteiger partial charge in [-0.25, -0.2) is 0 Å². The van der Waals surface area contributed by atoms with Gasteiger partial charge in [-0.05, 0) is 43.0 Å². The zero-order valence-electron chi connectivity index (χ0n) is 20.3. The number of amides is 1. The van der Waals surface area contributed by atoms with Crippen LogP contribution < -0.4 is 5.32 Å². The van der Waals surface area contributed by atoms with Gasteiger partial charge < -0.3 is 19.9 Å². The molecule has 0 aromatic heterocycles. The van der Waals surface area contributed by atoms with Crippen LogP contribution in [0.2, 0.25) is 0 Å². The number of ether oxygens (including phenoxy) is 2.